The summed E-state index contributed by atoms with van der Waals surface area (Å²) in [5.74, 6) is 0.617. The SMILES string of the molecule is CC(C)(CCO)CNC(=O)c1ccc(OCc2ccccc2)cc1. The van der Waals surface area contributed by atoms with Crippen LogP contribution in [-0.4, -0.2) is 24.2 Å². The summed E-state index contributed by atoms with van der Waals surface area (Å²) in [6.45, 7) is 5.19. The number of nitrogens with one attached hydrogen (secondary N) is 1. The number of benzene rings is 2. The Kier molecular flexibility index (Phi) is 6.38. The van der Waals surface area contributed by atoms with E-state index in [4.69, 9.17) is 9.84 Å². The lowest BCUT2D eigenvalue weighted by molar-refractivity contribution is 0.0928. The molecule has 0 aromatic heterocycles. The lowest BCUT2D eigenvalue weighted by Crippen LogP contribution is -2.34. The van der Waals surface area contributed by atoms with Crippen molar-refractivity contribution in [2.24, 2.45) is 5.41 Å². The third-order valence-electron chi connectivity index (χ3n) is 3.88. The highest BCUT2D eigenvalue weighted by molar-refractivity contribution is 5.94. The lowest BCUT2D eigenvalue weighted by Gasteiger charge is -2.23. The molecule has 2 aromatic rings. The summed E-state index contributed by atoms with van der Waals surface area (Å²) >= 11 is 0. The number of ether oxygens (including phenoxy) is 1. The van der Waals surface area contributed by atoms with Crippen molar-refractivity contribution in [3.63, 3.8) is 0 Å². The van der Waals surface area contributed by atoms with Crippen LogP contribution in [0.25, 0.3) is 0 Å². The van der Waals surface area contributed by atoms with E-state index in [0.717, 1.165) is 11.3 Å². The molecule has 0 atom stereocenters. The predicted molar refractivity (Wildman–Crippen MR) is 95.0 cm³/mol. The molecule has 0 aliphatic carbocycles. The minimum Gasteiger partial charge on any atom is -0.489 e. The van der Waals surface area contributed by atoms with Gasteiger partial charge in [-0.05, 0) is 41.7 Å². The Bertz CT molecular complexity index is 636. The smallest absolute Gasteiger partial charge is 0.251 e. The van der Waals surface area contributed by atoms with Crippen LogP contribution in [0.5, 0.6) is 5.75 Å². The summed E-state index contributed by atoms with van der Waals surface area (Å²) in [4.78, 5) is 12.2. The third kappa shape index (κ3) is 5.70. The van der Waals surface area contributed by atoms with Crippen molar-refractivity contribution in [2.45, 2.75) is 26.9 Å². The van der Waals surface area contributed by atoms with Gasteiger partial charge in [-0.2, -0.15) is 0 Å². The molecule has 0 spiro atoms. The van der Waals surface area contributed by atoms with Crippen LogP contribution in [0.2, 0.25) is 0 Å². The largest absolute Gasteiger partial charge is 0.489 e. The molecular formula is C20H25NO3. The van der Waals surface area contributed by atoms with Gasteiger partial charge in [-0.3, -0.25) is 4.79 Å². The molecule has 4 heteroatoms. The summed E-state index contributed by atoms with van der Waals surface area (Å²) in [6, 6.07) is 17.1. The highest BCUT2D eigenvalue weighted by atomic mass is 16.5. The number of carbonyl (C=O) groups excluding carboxylic acids is 1. The number of aliphatic hydroxyl groups is 1. The second-order valence-electron chi connectivity index (χ2n) is 6.62. The Morgan fingerprint density at radius 1 is 1.08 bits per heavy atom. The zero-order valence-corrected chi connectivity index (χ0v) is 14.3. The number of hydrogen-bond acceptors (Lipinski definition) is 3. The topological polar surface area (TPSA) is 58.6 Å². The van der Waals surface area contributed by atoms with Gasteiger partial charge in [0.2, 0.25) is 0 Å². The summed E-state index contributed by atoms with van der Waals surface area (Å²) in [5.41, 5.74) is 1.58. The molecule has 24 heavy (non-hydrogen) atoms. The molecule has 0 saturated heterocycles. The van der Waals surface area contributed by atoms with Crippen molar-refractivity contribution >= 4 is 5.91 Å². The molecule has 1 amide bonds. The van der Waals surface area contributed by atoms with Crippen molar-refractivity contribution < 1.29 is 14.6 Å². The van der Waals surface area contributed by atoms with E-state index in [2.05, 4.69) is 5.32 Å². The standard InChI is InChI=1S/C20H25NO3/c1-20(2,12-13-22)15-21-19(23)17-8-10-18(11-9-17)24-14-16-6-4-3-5-7-16/h3-11,22H,12-15H2,1-2H3,(H,21,23). The van der Waals surface area contributed by atoms with Gasteiger partial charge in [0, 0.05) is 18.7 Å². The lowest BCUT2D eigenvalue weighted by atomic mass is 9.89. The minimum absolute atomic E-state index is 0.115. The van der Waals surface area contributed by atoms with E-state index in [1.165, 1.54) is 0 Å². The fraction of sp³-hybridized carbons (Fsp3) is 0.350. The zero-order valence-electron chi connectivity index (χ0n) is 14.3. The van der Waals surface area contributed by atoms with Gasteiger partial charge in [0.25, 0.3) is 5.91 Å². The van der Waals surface area contributed by atoms with Crippen LogP contribution in [-0.2, 0) is 6.61 Å². The number of rotatable bonds is 8. The second kappa shape index (κ2) is 8.50. The van der Waals surface area contributed by atoms with Crippen molar-refractivity contribution in [1.29, 1.82) is 0 Å². The van der Waals surface area contributed by atoms with Crippen LogP contribution >= 0.6 is 0 Å². The predicted octanol–water partition coefficient (Wildman–Crippen LogP) is 3.40. The minimum atomic E-state index is -0.122. The van der Waals surface area contributed by atoms with Gasteiger partial charge >= 0.3 is 0 Å². The fourth-order valence-corrected chi connectivity index (χ4v) is 2.26. The van der Waals surface area contributed by atoms with Crippen molar-refractivity contribution in [2.75, 3.05) is 13.2 Å². The second-order valence-corrected chi connectivity index (χ2v) is 6.62. The van der Waals surface area contributed by atoms with E-state index in [1.807, 2.05) is 44.2 Å². The van der Waals surface area contributed by atoms with E-state index in [1.54, 1.807) is 24.3 Å². The van der Waals surface area contributed by atoms with Gasteiger partial charge < -0.3 is 15.2 Å². The molecule has 0 saturated carbocycles. The molecule has 2 rings (SSSR count). The van der Waals surface area contributed by atoms with Crippen molar-refractivity contribution in [3.05, 3.63) is 65.7 Å². The Morgan fingerprint density at radius 2 is 1.75 bits per heavy atom. The summed E-state index contributed by atoms with van der Waals surface area (Å²) < 4.78 is 5.71. The maximum atomic E-state index is 12.2. The Hall–Kier alpha value is -2.33. The summed E-state index contributed by atoms with van der Waals surface area (Å²) in [5, 5.41) is 11.9. The van der Waals surface area contributed by atoms with Gasteiger partial charge in [-0.15, -0.1) is 0 Å². The summed E-state index contributed by atoms with van der Waals surface area (Å²) in [7, 11) is 0. The molecule has 4 nitrogen and oxygen atoms in total. The first-order valence-electron chi connectivity index (χ1n) is 8.16. The van der Waals surface area contributed by atoms with Gasteiger partial charge in [-0.25, -0.2) is 0 Å². The van der Waals surface area contributed by atoms with Crippen LogP contribution in [0.3, 0.4) is 0 Å². The van der Waals surface area contributed by atoms with E-state index in [0.29, 0.717) is 25.1 Å². The molecule has 0 unspecified atom stereocenters. The monoisotopic (exact) mass is 327 g/mol. The quantitative estimate of drug-likeness (QED) is 0.781. The summed E-state index contributed by atoms with van der Waals surface area (Å²) in [6.07, 6.45) is 0.652. The first kappa shape index (κ1) is 18.0. The van der Waals surface area contributed by atoms with Crippen LogP contribution in [0.15, 0.2) is 54.6 Å². The van der Waals surface area contributed by atoms with Crippen LogP contribution in [0.4, 0.5) is 0 Å². The van der Waals surface area contributed by atoms with Crippen LogP contribution in [0.1, 0.15) is 36.2 Å². The number of hydrogen-bond donors (Lipinski definition) is 2. The van der Waals surface area contributed by atoms with Gasteiger partial charge in [-0.1, -0.05) is 44.2 Å². The molecule has 0 heterocycles. The number of amides is 1. The van der Waals surface area contributed by atoms with E-state index in [9.17, 15) is 4.79 Å². The van der Waals surface area contributed by atoms with Gasteiger partial charge in [0.1, 0.15) is 12.4 Å². The molecule has 2 aromatic carbocycles. The van der Waals surface area contributed by atoms with E-state index in [-0.39, 0.29) is 17.9 Å². The average Bonchev–Trinajstić information content (AvgIpc) is 2.59. The molecule has 0 aliphatic heterocycles. The first-order valence-corrected chi connectivity index (χ1v) is 8.16. The Balaban J connectivity index is 1.86. The van der Waals surface area contributed by atoms with E-state index >= 15 is 0 Å². The molecule has 0 bridgehead atoms. The molecule has 128 valence electrons. The highest BCUT2D eigenvalue weighted by Crippen LogP contribution is 2.19. The van der Waals surface area contributed by atoms with Crippen molar-refractivity contribution in [1.82, 2.24) is 5.32 Å². The van der Waals surface area contributed by atoms with Gasteiger partial charge in [0.05, 0.1) is 0 Å². The third-order valence-corrected chi connectivity index (χ3v) is 3.88. The molecule has 0 fully saturated rings. The van der Waals surface area contributed by atoms with Crippen LogP contribution in [0, 0.1) is 5.41 Å². The number of carbonyl (C=O) groups is 1. The maximum absolute atomic E-state index is 12.2. The molecule has 2 N–H and O–H groups in total. The highest BCUT2D eigenvalue weighted by Gasteiger charge is 2.18. The normalized spacial score (nSPS) is 11.1. The Morgan fingerprint density at radius 3 is 2.38 bits per heavy atom. The van der Waals surface area contributed by atoms with Crippen LogP contribution < -0.4 is 10.1 Å². The molecule has 0 radical (unpaired) electrons. The fourth-order valence-electron chi connectivity index (χ4n) is 2.26. The van der Waals surface area contributed by atoms with E-state index < -0.39 is 0 Å². The maximum Gasteiger partial charge on any atom is 0.251 e. The first-order chi connectivity index (χ1) is 11.5. The van der Waals surface area contributed by atoms with Crippen molar-refractivity contribution in [3.8, 4) is 5.75 Å². The number of aliphatic hydroxyl groups excluding tert-OH is 1. The Labute approximate surface area is 143 Å². The average molecular weight is 327 g/mol. The molecule has 0 aliphatic rings. The van der Waals surface area contributed by atoms with Gasteiger partial charge in [0.15, 0.2) is 0 Å². The zero-order chi connectivity index (χ0) is 17.4. The molecular weight excluding hydrogens is 302 g/mol.